The Bertz CT molecular complexity index is 821. The number of allylic oxidation sites excluding steroid dienone is 3. The largest absolute Gasteiger partial charge is 0.489 e. The van der Waals surface area contributed by atoms with Crippen LogP contribution in [0.1, 0.15) is 27.2 Å². The maximum Gasteiger partial charge on any atom is 0.336 e. The van der Waals surface area contributed by atoms with Gasteiger partial charge in [0.15, 0.2) is 5.78 Å². The van der Waals surface area contributed by atoms with Gasteiger partial charge >= 0.3 is 5.63 Å². The summed E-state index contributed by atoms with van der Waals surface area (Å²) in [5.74, 6) is 0.706. The van der Waals surface area contributed by atoms with Gasteiger partial charge in [0.25, 0.3) is 0 Å². The summed E-state index contributed by atoms with van der Waals surface area (Å²) in [5, 5.41) is 0.844. The lowest BCUT2D eigenvalue weighted by molar-refractivity contribution is -0.114. The molecule has 0 aliphatic rings. The molecule has 0 saturated carbocycles. The Labute approximate surface area is 135 Å². The lowest BCUT2D eigenvalue weighted by Crippen LogP contribution is -1.99. The second kappa shape index (κ2) is 7.58. The van der Waals surface area contributed by atoms with Crippen molar-refractivity contribution >= 4 is 16.8 Å². The third-order valence-electron chi connectivity index (χ3n) is 3.18. The van der Waals surface area contributed by atoms with Crippen LogP contribution in [0.2, 0.25) is 0 Å². The summed E-state index contributed by atoms with van der Waals surface area (Å²) in [5.41, 5.74) is 2.06. The maximum absolute atomic E-state index is 11.7. The van der Waals surface area contributed by atoms with Crippen molar-refractivity contribution in [3.63, 3.8) is 0 Å². The highest BCUT2D eigenvalue weighted by molar-refractivity contribution is 5.91. The van der Waals surface area contributed by atoms with Crippen LogP contribution in [0.5, 0.6) is 5.75 Å². The zero-order chi connectivity index (χ0) is 16.8. The fourth-order valence-corrected chi connectivity index (χ4v) is 2.13. The second-order valence-electron chi connectivity index (χ2n) is 5.68. The van der Waals surface area contributed by atoms with Crippen molar-refractivity contribution in [1.82, 2.24) is 0 Å². The molecule has 0 bridgehead atoms. The summed E-state index contributed by atoms with van der Waals surface area (Å²) < 4.78 is 10.7. The Morgan fingerprint density at radius 3 is 2.65 bits per heavy atom. The van der Waals surface area contributed by atoms with Crippen LogP contribution in [0.15, 0.2) is 62.8 Å². The SMILES string of the molecule is CC(C)=CC(=O)C/C(C)=C/COc1ccc2ccc(=O)oc2c1. The number of fused-ring (bicyclic) bond motifs is 1. The van der Waals surface area contributed by atoms with Gasteiger partial charge in [-0.1, -0.05) is 11.1 Å². The standard InChI is InChI=1S/C19H20O4/c1-13(2)10-16(20)11-14(3)8-9-22-17-6-4-15-5-7-19(21)23-18(15)12-17/h4-8,10,12H,9,11H2,1-3H3/b14-8+. The quantitative estimate of drug-likeness (QED) is 0.459. The molecule has 0 saturated heterocycles. The Balaban J connectivity index is 1.98. The molecule has 0 spiro atoms. The van der Waals surface area contributed by atoms with E-state index in [0.717, 1.165) is 16.5 Å². The minimum absolute atomic E-state index is 0.0891. The topological polar surface area (TPSA) is 56.5 Å². The number of rotatable bonds is 6. The van der Waals surface area contributed by atoms with E-state index in [2.05, 4.69) is 0 Å². The molecule has 2 rings (SSSR count). The van der Waals surface area contributed by atoms with Gasteiger partial charge in [-0.05, 0) is 51.1 Å². The van der Waals surface area contributed by atoms with Gasteiger partial charge in [0.2, 0.25) is 0 Å². The normalized spacial score (nSPS) is 11.3. The van der Waals surface area contributed by atoms with E-state index >= 15 is 0 Å². The van der Waals surface area contributed by atoms with Crippen molar-refractivity contribution in [3.8, 4) is 5.75 Å². The smallest absolute Gasteiger partial charge is 0.336 e. The predicted molar refractivity (Wildman–Crippen MR) is 90.8 cm³/mol. The Morgan fingerprint density at radius 1 is 1.17 bits per heavy atom. The lowest BCUT2D eigenvalue weighted by Gasteiger charge is -2.05. The van der Waals surface area contributed by atoms with Crippen molar-refractivity contribution in [2.24, 2.45) is 0 Å². The fraction of sp³-hybridized carbons (Fsp3) is 0.263. The molecule has 0 fully saturated rings. The van der Waals surface area contributed by atoms with Gasteiger partial charge in [-0.25, -0.2) is 4.79 Å². The van der Waals surface area contributed by atoms with Crippen molar-refractivity contribution in [3.05, 3.63) is 64.1 Å². The predicted octanol–water partition coefficient (Wildman–Crippen LogP) is 4.04. The Kier molecular flexibility index (Phi) is 5.52. The maximum atomic E-state index is 11.7. The summed E-state index contributed by atoms with van der Waals surface area (Å²) in [6, 6.07) is 8.44. The van der Waals surface area contributed by atoms with Gasteiger partial charge in [0.05, 0.1) is 0 Å². The van der Waals surface area contributed by atoms with Crippen molar-refractivity contribution in [2.45, 2.75) is 27.2 Å². The number of carbonyl (C=O) groups is 1. The molecule has 1 heterocycles. The molecule has 23 heavy (non-hydrogen) atoms. The summed E-state index contributed by atoms with van der Waals surface area (Å²) in [6.07, 6.45) is 3.91. The van der Waals surface area contributed by atoms with Gasteiger partial charge < -0.3 is 9.15 Å². The zero-order valence-corrected chi connectivity index (χ0v) is 13.6. The van der Waals surface area contributed by atoms with E-state index in [9.17, 15) is 9.59 Å². The summed E-state index contributed by atoms with van der Waals surface area (Å²) >= 11 is 0. The minimum atomic E-state index is -0.386. The van der Waals surface area contributed by atoms with Crippen molar-refractivity contribution < 1.29 is 13.9 Å². The first-order chi connectivity index (χ1) is 10.9. The van der Waals surface area contributed by atoms with E-state index in [4.69, 9.17) is 9.15 Å². The van der Waals surface area contributed by atoms with Gasteiger partial charge in [0, 0.05) is 23.9 Å². The molecule has 0 aliphatic heterocycles. The molecule has 4 nitrogen and oxygen atoms in total. The molecule has 0 unspecified atom stereocenters. The summed E-state index contributed by atoms with van der Waals surface area (Å²) in [4.78, 5) is 22.9. The third kappa shape index (κ3) is 5.25. The molecule has 0 atom stereocenters. The van der Waals surface area contributed by atoms with Crippen LogP contribution in [0, 0.1) is 0 Å². The molecule has 1 aromatic heterocycles. The molecule has 2 aromatic rings. The van der Waals surface area contributed by atoms with Gasteiger partial charge in [0.1, 0.15) is 17.9 Å². The van der Waals surface area contributed by atoms with Gasteiger partial charge in [-0.3, -0.25) is 4.79 Å². The highest BCUT2D eigenvalue weighted by Gasteiger charge is 2.01. The van der Waals surface area contributed by atoms with Crippen molar-refractivity contribution in [2.75, 3.05) is 6.61 Å². The zero-order valence-electron chi connectivity index (χ0n) is 13.6. The number of ketones is 1. The molecule has 0 aliphatic carbocycles. The number of benzene rings is 1. The Morgan fingerprint density at radius 2 is 1.91 bits per heavy atom. The van der Waals surface area contributed by atoms with E-state index in [1.165, 1.54) is 6.07 Å². The van der Waals surface area contributed by atoms with Crippen LogP contribution in [0.3, 0.4) is 0 Å². The number of hydrogen-bond acceptors (Lipinski definition) is 4. The molecular formula is C19H20O4. The Hall–Kier alpha value is -2.62. The second-order valence-corrected chi connectivity index (χ2v) is 5.68. The van der Waals surface area contributed by atoms with Crippen LogP contribution in [-0.2, 0) is 4.79 Å². The third-order valence-corrected chi connectivity index (χ3v) is 3.18. The molecule has 4 heteroatoms. The van der Waals surface area contributed by atoms with Crippen LogP contribution in [-0.4, -0.2) is 12.4 Å². The first-order valence-corrected chi connectivity index (χ1v) is 7.44. The lowest BCUT2D eigenvalue weighted by atomic mass is 10.1. The minimum Gasteiger partial charge on any atom is -0.489 e. The van der Waals surface area contributed by atoms with E-state index in [1.54, 1.807) is 18.2 Å². The molecule has 0 radical (unpaired) electrons. The van der Waals surface area contributed by atoms with Crippen LogP contribution in [0.25, 0.3) is 11.0 Å². The highest BCUT2D eigenvalue weighted by Crippen LogP contribution is 2.19. The number of ether oxygens (including phenoxy) is 1. The van der Waals surface area contributed by atoms with E-state index < -0.39 is 0 Å². The monoisotopic (exact) mass is 312 g/mol. The van der Waals surface area contributed by atoms with Crippen LogP contribution < -0.4 is 10.4 Å². The first-order valence-electron chi connectivity index (χ1n) is 7.44. The number of hydrogen-bond donors (Lipinski definition) is 0. The molecule has 120 valence electrons. The van der Waals surface area contributed by atoms with E-state index in [1.807, 2.05) is 39.0 Å². The van der Waals surface area contributed by atoms with Crippen LogP contribution in [0.4, 0.5) is 0 Å². The molecule has 0 amide bonds. The van der Waals surface area contributed by atoms with Gasteiger partial charge in [-0.15, -0.1) is 0 Å². The summed E-state index contributed by atoms with van der Waals surface area (Å²) in [6.45, 7) is 6.06. The fourth-order valence-electron chi connectivity index (χ4n) is 2.13. The molecular weight excluding hydrogens is 292 g/mol. The van der Waals surface area contributed by atoms with Crippen LogP contribution >= 0.6 is 0 Å². The van der Waals surface area contributed by atoms with E-state index in [0.29, 0.717) is 24.4 Å². The molecule has 0 N–H and O–H groups in total. The van der Waals surface area contributed by atoms with E-state index in [-0.39, 0.29) is 11.4 Å². The van der Waals surface area contributed by atoms with Gasteiger partial charge in [-0.2, -0.15) is 0 Å². The molecule has 1 aromatic carbocycles. The summed E-state index contributed by atoms with van der Waals surface area (Å²) in [7, 11) is 0. The average Bonchev–Trinajstić information content (AvgIpc) is 2.45. The average molecular weight is 312 g/mol. The number of carbonyl (C=O) groups excluding carboxylic acids is 1. The highest BCUT2D eigenvalue weighted by atomic mass is 16.5. The first kappa shape index (κ1) is 16.7. The van der Waals surface area contributed by atoms with Crippen molar-refractivity contribution in [1.29, 1.82) is 0 Å².